The van der Waals surface area contributed by atoms with E-state index in [1.165, 1.54) is 25.7 Å². The van der Waals surface area contributed by atoms with Gasteiger partial charge in [0.2, 0.25) is 0 Å². The average Bonchev–Trinajstić information content (AvgIpc) is 2.56. The summed E-state index contributed by atoms with van der Waals surface area (Å²) in [5, 5.41) is 9.14. The molecule has 1 fully saturated rings. The van der Waals surface area contributed by atoms with E-state index in [2.05, 4.69) is 6.92 Å². The molecule has 1 heterocycles. The molecular formula is C19H25FO3. The number of fused-ring (bicyclic) bond motifs is 1. The number of aliphatic hydroxyl groups excluding tert-OH is 1. The Hall–Kier alpha value is -1.42. The Morgan fingerprint density at radius 2 is 2.00 bits per heavy atom. The first-order chi connectivity index (χ1) is 11.1. The summed E-state index contributed by atoms with van der Waals surface area (Å²) in [7, 11) is 0. The average molecular weight is 320 g/mol. The first-order valence-electron chi connectivity index (χ1n) is 8.76. The van der Waals surface area contributed by atoms with Gasteiger partial charge in [0, 0.05) is 12.0 Å². The lowest BCUT2D eigenvalue weighted by Crippen LogP contribution is -2.36. The van der Waals surface area contributed by atoms with Crippen molar-refractivity contribution in [3.8, 4) is 0 Å². The predicted molar refractivity (Wildman–Crippen MR) is 85.6 cm³/mol. The highest BCUT2D eigenvalue weighted by atomic mass is 19.1. The molecule has 4 heteroatoms. The van der Waals surface area contributed by atoms with Crippen molar-refractivity contribution < 1.29 is 19.0 Å². The maximum atomic E-state index is 14.2. The quantitative estimate of drug-likeness (QED) is 0.853. The van der Waals surface area contributed by atoms with Gasteiger partial charge in [-0.2, -0.15) is 0 Å². The van der Waals surface area contributed by atoms with E-state index in [-0.39, 0.29) is 17.2 Å². The third-order valence-corrected chi connectivity index (χ3v) is 5.48. The van der Waals surface area contributed by atoms with Gasteiger partial charge in [0.05, 0.1) is 12.2 Å². The fourth-order valence-electron chi connectivity index (χ4n) is 4.15. The van der Waals surface area contributed by atoms with Crippen molar-refractivity contribution in [2.24, 2.45) is 11.8 Å². The minimum Gasteiger partial charge on any atom is -0.458 e. The van der Waals surface area contributed by atoms with E-state index in [1.54, 1.807) is 12.1 Å². The molecule has 0 aromatic heterocycles. The molecule has 3 nitrogen and oxygen atoms in total. The normalized spacial score (nSPS) is 27.4. The number of hydrogen-bond donors (Lipinski definition) is 1. The van der Waals surface area contributed by atoms with Crippen molar-refractivity contribution in [3.05, 3.63) is 34.6 Å². The number of benzene rings is 1. The van der Waals surface area contributed by atoms with E-state index in [9.17, 15) is 9.18 Å². The van der Waals surface area contributed by atoms with Crippen LogP contribution < -0.4 is 0 Å². The van der Waals surface area contributed by atoms with Crippen molar-refractivity contribution in [1.82, 2.24) is 0 Å². The molecule has 1 N–H and O–H groups in total. The number of carbonyl (C=O) groups excluding carboxylic acids is 1. The van der Waals surface area contributed by atoms with Crippen molar-refractivity contribution in [1.29, 1.82) is 0 Å². The first-order valence-corrected chi connectivity index (χ1v) is 8.76. The van der Waals surface area contributed by atoms with Gasteiger partial charge in [0.15, 0.2) is 0 Å². The number of rotatable bonds is 4. The molecule has 1 saturated carbocycles. The highest BCUT2D eigenvalue weighted by Gasteiger charge is 2.36. The van der Waals surface area contributed by atoms with Crippen LogP contribution in [-0.4, -0.2) is 17.2 Å². The number of aliphatic hydroxyl groups is 1. The summed E-state index contributed by atoms with van der Waals surface area (Å²) in [6.07, 6.45) is 7.57. The monoisotopic (exact) mass is 320 g/mol. The Morgan fingerprint density at radius 1 is 1.26 bits per heavy atom. The summed E-state index contributed by atoms with van der Waals surface area (Å²) in [6, 6.07) is 3.34. The molecule has 2 aliphatic rings. The molecule has 1 atom stereocenters. The van der Waals surface area contributed by atoms with Gasteiger partial charge in [-0.05, 0) is 30.2 Å². The van der Waals surface area contributed by atoms with E-state index >= 15 is 0 Å². The largest absolute Gasteiger partial charge is 0.458 e. The molecule has 1 unspecified atom stereocenters. The standard InChI is InChI=1S/C19H25FO3/c1-2-3-12-4-6-13(7-5-12)16-10-14-8-9-15(11-21)18(20)17(14)19(22)23-16/h8-9,12-13,16,21H,2-7,10-11H2,1H3. The van der Waals surface area contributed by atoms with Gasteiger partial charge in [-0.1, -0.05) is 44.7 Å². The lowest BCUT2D eigenvalue weighted by molar-refractivity contribution is -0.000958. The van der Waals surface area contributed by atoms with E-state index in [0.717, 1.165) is 24.3 Å². The second-order valence-corrected chi connectivity index (χ2v) is 6.95. The molecule has 0 saturated heterocycles. The van der Waals surface area contributed by atoms with Crippen molar-refractivity contribution in [3.63, 3.8) is 0 Å². The zero-order valence-corrected chi connectivity index (χ0v) is 13.7. The number of hydrogen-bond acceptors (Lipinski definition) is 3. The number of halogens is 1. The Morgan fingerprint density at radius 3 is 2.65 bits per heavy atom. The van der Waals surface area contributed by atoms with Crippen LogP contribution >= 0.6 is 0 Å². The van der Waals surface area contributed by atoms with Crippen LogP contribution in [0.1, 0.15) is 66.9 Å². The fourth-order valence-corrected chi connectivity index (χ4v) is 4.15. The fraction of sp³-hybridized carbons (Fsp3) is 0.632. The number of ether oxygens (including phenoxy) is 1. The molecule has 0 amide bonds. The molecule has 3 rings (SSSR count). The second-order valence-electron chi connectivity index (χ2n) is 6.95. The van der Waals surface area contributed by atoms with Crippen molar-refractivity contribution in [2.45, 2.75) is 64.6 Å². The van der Waals surface area contributed by atoms with Crippen molar-refractivity contribution in [2.75, 3.05) is 0 Å². The number of esters is 1. The molecule has 1 aromatic carbocycles. The maximum Gasteiger partial charge on any atom is 0.341 e. The molecule has 23 heavy (non-hydrogen) atoms. The highest BCUT2D eigenvalue weighted by Crippen LogP contribution is 2.37. The summed E-state index contributed by atoms with van der Waals surface area (Å²) in [5.41, 5.74) is 0.892. The van der Waals surface area contributed by atoms with Crippen LogP contribution in [0.2, 0.25) is 0 Å². The van der Waals surface area contributed by atoms with Crippen LogP contribution in [0.15, 0.2) is 12.1 Å². The number of carbonyl (C=O) groups is 1. The molecule has 1 aliphatic heterocycles. The third kappa shape index (κ3) is 3.27. The van der Waals surface area contributed by atoms with Crippen LogP contribution in [0.5, 0.6) is 0 Å². The van der Waals surface area contributed by atoms with Crippen LogP contribution in [0.3, 0.4) is 0 Å². The zero-order chi connectivity index (χ0) is 16.4. The molecule has 126 valence electrons. The van der Waals surface area contributed by atoms with Crippen LogP contribution in [0.25, 0.3) is 0 Å². The van der Waals surface area contributed by atoms with Crippen molar-refractivity contribution >= 4 is 5.97 Å². The van der Waals surface area contributed by atoms with Gasteiger partial charge >= 0.3 is 5.97 Å². The Kier molecular flexibility index (Phi) is 5.00. The first kappa shape index (κ1) is 16.4. The van der Waals surface area contributed by atoms with Crippen LogP contribution in [0.4, 0.5) is 4.39 Å². The SMILES string of the molecule is CCCC1CCC(C2Cc3ccc(CO)c(F)c3C(=O)O2)CC1. The van der Waals surface area contributed by atoms with E-state index in [4.69, 9.17) is 9.84 Å². The van der Waals surface area contributed by atoms with E-state index in [1.807, 2.05) is 0 Å². The summed E-state index contributed by atoms with van der Waals surface area (Å²) in [4.78, 5) is 12.3. The molecular weight excluding hydrogens is 295 g/mol. The highest BCUT2D eigenvalue weighted by molar-refractivity contribution is 5.92. The maximum absolute atomic E-state index is 14.2. The lowest BCUT2D eigenvalue weighted by atomic mass is 9.76. The van der Waals surface area contributed by atoms with Gasteiger partial charge in [-0.15, -0.1) is 0 Å². The minimum atomic E-state index is -0.625. The molecule has 1 aromatic rings. The van der Waals surface area contributed by atoms with Crippen LogP contribution in [0, 0.1) is 17.7 Å². The van der Waals surface area contributed by atoms with Crippen LogP contribution in [-0.2, 0) is 17.8 Å². The molecule has 1 aliphatic carbocycles. The topological polar surface area (TPSA) is 46.5 Å². The second kappa shape index (κ2) is 7.00. The van der Waals surface area contributed by atoms with Gasteiger partial charge in [0.25, 0.3) is 0 Å². The van der Waals surface area contributed by atoms with E-state index in [0.29, 0.717) is 12.3 Å². The van der Waals surface area contributed by atoms with E-state index < -0.39 is 18.4 Å². The summed E-state index contributed by atoms with van der Waals surface area (Å²) in [6.45, 7) is 1.82. The Labute approximate surface area is 136 Å². The smallest absolute Gasteiger partial charge is 0.341 e. The molecule has 0 radical (unpaired) electrons. The predicted octanol–water partition coefficient (Wildman–Crippen LogP) is 4.01. The molecule has 0 bridgehead atoms. The van der Waals surface area contributed by atoms with Gasteiger partial charge in [-0.25, -0.2) is 9.18 Å². The summed E-state index contributed by atoms with van der Waals surface area (Å²) >= 11 is 0. The zero-order valence-electron chi connectivity index (χ0n) is 13.7. The van der Waals surface area contributed by atoms with Gasteiger partial charge < -0.3 is 9.84 Å². The van der Waals surface area contributed by atoms with Gasteiger partial charge in [-0.3, -0.25) is 0 Å². The summed E-state index contributed by atoms with van der Waals surface area (Å²) < 4.78 is 19.8. The minimum absolute atomic E-state index is 0.0208. The number of cyclic esters (lactones) is 1. The molecule has 0 spiro atoms. The Bertz CT molecular complexity index is 576. The third-order valence-electron chi connectivity index (χ3n) is 5.48. The summed E-state index contributed by atoms with van der Waals surface area (Å²) in [5.74, 6) is 0.00741. The Balaban J connectivity index is 1.72. The lowest BCUT2D eigenvalue weighted by Gasteiger charge is -2.36. The van der Waals surface area contributed by atoms with Gasteiger partial charge in [0.1, 0.15) is 11.9 Å².